The normalized spacial score (nSPS) is 12.2. The number of rotatable bonds is 6. The lowest BCUT2D eigenvalue weighted by molar-refractivity contribution is -0.120. The highest BCUT2D eigenvalue weighted by atomic mass is 79.9. The Bertz CT molecular complexity index is 409. The number of halogens is 2. The van der Waals surface area contributed by atoms with Crippen molar-refractivity contribution in [3.63, 3.8) is 0 Å². The predicted molar refractivity (Wildman–Crippen MR) is 81.1 cm³/mol. The number of amides is 1. The van der Waals surface area contributed by atoms with Crippen molar-refractivity contribution in [2.24, 2.45) is 5.92 Å². The summed E-state index contributed by atoms with van der Waals surface area (Å²) in [7, 11) is 0. The van der Waals surface area contributed by atoms with Crippen molar-refractivity contribution < 1.29 is 4.79 Å². The van der Waals surface area contributed by atoms with Gasteiger partial charge in [0.2, 0.25) is 5.91 Å². The van der Waals surface area contributed by atoms with Crippen molar-refractivity contribution in [2.45, 2.75) is 39.5 Å². The van der Waals surface area contributed by atoms with E-state index in [1.807, 2.05) is 19.1 Å². The molecule has 0 aliphatic heterocycles. The molecule has 100 valence electrons. The molecule has 1 amide bonds. The first-order valence-corrected chi connectivity index (χ1v) is 7.51. The highest BCUT2D eigenvalue weighted by Crippen LogP contribution is 2.26. The van der Waals surface area contributed by atoms with Crippen molar-refractivity contribution in [3.05, 3.63) is 27.7 Å². The van der Waals surface area contributed by atoms with Crippen molar-refractivity contribution in [1.29, 1.82) is 0 Å². The minimum Gasteiger partial charge on any atom is -0.325 e. The number of unbranched alkanes of at least 4 members (excludes halogenated alkanes) is 1. The molecule has 1 rings (SSSR count). The summed E-state index contributed by atoms with van der Waals surface area (Å²) in [6.45, 7) is 4.18. The van der Waals surface area contributed by atoms with Gasteiger partial charge in [-0.25, -0.2) is 0 Å². The van der Waals surface area contributed by atoms with Crippen molar-refractivity contribution in [3.8, 4) is 0 Å². The molecule has 2 nitrogen and oxygen atoms in total. The Morgan fingerprint density at radius 2 is 2.17 bits per heavy atom. The average molecular weight is 333 g/mol. The van der Waals surface area contributed by atoms with E-state index in [1.54, 1.807) is 6.07 Å². The first-order chi connectivity index (χ1) is 8.58. The van der Waals surface area contributed by atoms with Crippen molar-refractivity contribution >= 4 is 39.1 Å². The zero-order chi connectivity index (χ0) is 13.5. The zero-order valence-electron chi connectivity index (χ0n) is 10.8. The molecule has 0 aromatic heterocycles. The molecule has 0 saturated carbocycles. The minimum absolute atomic E-state index is 0.0650. The smallest absolute Gasteiger partial charge is 0.227 e. The van der Waals surface area contributed by atoms with Gasteiger partial charge in [0.1, 0.15) is 0 Å². The molecule has 0 bridgehead atoms. The van der Waals surface area contributed by atoms with Crippen LogP contribution in [-0.2, 0) is 4.79 Å². The molecule has 0 fully saturated rings. The van der Waals surface area contributed by atoms with Crippen LogP contribution in [0.25, 0.3) is 0 Å². The quantitative estimate of drug-likeness (QED) is 0.756. The number of nitrogens with one attached hydrogen (secondary N) is 1. The molecular weight excluding hydrogens is 314 g/mol. The van der Waals surface area contributed by atoms with Gasteiger partial charge in [0, 0.05) is 10.4 Å². The summed E-state index contributed by atoms with van der Waals surface area (Å²) < 4.78 is 0.906. The summed E-state index contributed by atoms with van der Waals surface area (Å²) in [5.74, 6) is 0.139. The maximum absolute atomic E-state index is 12.1. The molecule has 0 aliphatic carbocycles. The maximum Gasteiger partial charge on any atom is 0.227 e. The third-order valence-corrected chi connectivity index (χ3v) is 3.76. The molecule has 1 aromatic carbocycles. The fourth-order valence-electron chi connectivity index (χ4n) is 1.80. The van der Waals surface area contributed by atoms with Gasteiger partial charge in [-0.2, -0.15) is 0 Å². The molecular formula is C14H19BrClNO. The Labute approximate surface area is 122 Å². The van der Waals surface area contributed by atoms with E-state index in [9.17, 15) is 4.79 Å². The van der Waals surface area contributed by atoms with Gasteiger partial charge in [0.05, 0.1) is 10.7 Å². The average Bonchev–Trinajstić information content (AvgIpc) is 2.34. The number of benzene rings is 1. The van der Waals surface area contributed by atoms with Crippen LogP contribution in [0.4, 0.5) is 5.69 Å². The molecule has 0 heterocycles. The SMILES string of the molecule is CCCCC(CC)C(=O)Nc1ccc(Br)cc1Cl. The van der Waals surface area contributed by atoms with Gasteiger partial charge in [-0.05, 0) is 31.0 Å². The lowest BCUT2D eigenvalue weighted by Gasteiger charge is -2.15. The second-order valence-corrected chi connectivity index (χ2v) is 5.68. The lowest BCUT2D eigenvalue weighted by atomic mass is 9.98. The molecule has 18 heavy (non-hydrogen) atoms. The number of hydrogen-bond acceptors (Lipinski definition) is 1. The monoisotopic (exact) mass is 331 g/mol. The van der Waals surface area contributed by atoms with Crippen molar-refractivity contribution in [1.82, 2.24) is 0 Å². The van der Waals surface area contributed by atoms with Crippen LogP contribution in [0.1, 0.15) is 39.5 Å². The fraction of sp³-hybridized carbons (Fsp3) is 0.500. The van der Waals surface area contributed by atoms with Gasteiger partial charge in [-0.1, -0.05) is 54.2 Å². The standard InChI is InChI=1S/C14H19BrClNO/c1-3-5-6-10(4-2)14(18)17-13-8-7-11(15)9-12(13)16/h7-10H,3-6H2,1-2H3,(H,17,18). The number of carbonyl (C=O) groups is 1. The third kappa shape index (κ3) is 4.62. The van der Waals surface area contributed by atoms with Crippen LogP contribution in [0.2, 0.25) is 5.02 Å². The molecule has 1 N–H and O–H groups in total. The Balaban J connectivity index is 2.67. The molecule has 1 atom stereocenters. The second-order valence-electron chi connectivity index (χ2n) is 4.36. The van der Waals surface area contributed by atoms with Gasteiger partial charge < -0.3 is 5.32 Å². The van der Waals surface area contributed by atoms with Crippen LogP contribution in [0, 0.1) is 5.92 Å². The highest BCUT2D eigenvalue weighted by molar-refractivity contribution is 9.10. The molecule has 1 aromatic rings. The Hall–Kier alpha value is -0.540. The first kappa shape index (κ1) is 15.5. The Morgan fingerprint density at radius 1 is 1.44 bits per heavy atom. The molecule has 0 spiro atoms. The summed E-state index contributed by atoms with van der Waals surface area (Å²) in [4.78, 5) is 12.1. The first-order valence-electron chi connectivity index (χ1n) is 6.34. The summed E-state index contributed by atoms with van der Waals surface area (Å²) in [5.41, 5.74) is 0.680. The van der Waals surface area contributed by atoms with E-state index in [2.05, 4.69) is 28.2 Å². The topological polar surface area (TPSA) is 29.1 Å². The third-order valence-electron chi connectivity index (χ3n) is 2.96. The Morgan fingerprint density at radius 3 is 2.72 bits per heavy atom. The van der Waals surface area contributed by atoms with Crippen LogP contribution in [-0.4, -0.2) is 5.91 Å². The number of anilines is 1. The highest BCUT2D eigenvalue weighted by Gasteiger charge is 2.16. The molecule has 0 radical (unpaired) electrons. The number of carbonyl (C=O) groups excluding carboxylic acids is 1. The van der Waals surface area contributed by atoms with E-state index in [4.69, 9.17) is 11.6 Å². The summed E-state index contributed by atoms with van der Waals surface area (Å²) in [6.07, 6.45) is 4.00. The molecule has 0 aliphatic rings. The second kappa shape index (κ2) is 7.80. The van der Waals surface area contributed by atoms with Gasteiger partial charge in [0.25, 0.3) is 0 Å². The Kier molecular flexibility index (Phi) is 6.72. The van der Waals surface area contributed by atoms with Crippen LogP contribution in [0.5, 0.6) is 0 Å². The minimum atomic E-state index is 0.0650. The predicted octanol–water partition coefficient (Wildman–Crippen LogP) is 5.26. The van der Waals surface area contributed by atoms with Crippen LogP contribution >= 0.6 is 27.5 Å². The number of hydrogen-bond donors (Lipinski definition) is 1. The van der Waals surface area contributed by atoms with E-state index in [1.165, 1.54) is 0 Å². The zero-order valence-corrected chi connectivity index (χ0v) is 13.1. The molecule has 1 unspecified atom stereocenters. The molecule has 4 heteroatoms. The van der Waals surface area contributed by atoms with Gasteiger partial charge in [-0.15, -0.1) is 0 Å². The van der Waals surface area contributed by atoms with E-state index >= 15 is 0 Å². The van der Waals surface area contributed by atoms with E-state index < -0.39 is 0 Å². The fourth-order valence-corrected chi connectivity index (χ4v) is 2.52. The van der Waals surface area contributed by atoms with Crippen LogP contribution in [0.3, 0.4) is 0 Å². The van der Waals surface area contributed by atoms with E-state index in [-0.39, 0.29) is 11.8 Å². The molecule has 0 saturated heterocycles. The van der Waals surface area contributed by atoms with Gasteiger partial charge >= 0.3 is 0 Å². The van der Waals surface area contributed by atoms with Crippen LogP contribution in [0.15, 0.2) is 22.7 Å². The maximum atomic E-state index is 12.1. The van der Waals surface area contributed by atoms with Gasteiger partial charge in [-0.3, -0.25) is 4.79 Å². The summed E-state index contributed by atoms with van der Waals surface area (Å²) in [5, 5.41) is 3.46. The lowest BCUT2D eigenvalue weighted by Crippen LogP contribution is -2.22. The van der Waals surface area contributed by atoms with Crippen LogP contribution < -0.4 is 5.32 Å². The van der Waals surface area contributed by atoms with Crippen molar-refractivity contribution in [2.75, 3.05) is 5.32 Å². The van der Waals surface area contributed by atoms with E-state index in [0.29, 0.717) is 10.7 Å². The van der Waals surface area contributed by atoms with E-state index in [0.717, 1.165) is 30.2 Å². The van der Waals surface area contributed by atoms with Gasteiger partial charge in [0.15, 0.2) is 0 Å². The largest absolute Gasteiger partial charge is 0.325 e. The summed E-state index contributed by atoms with van der Waals surface area (Å²) >= 11 is 9.42. The summed E-state index contributed by atoms with van der Waals surface area (Å²) in [6, 6.07) is 5.47.